The molecule has 0 atom stereocenters. The lowest BCUT2D eigenvalue weighted by molar-refractivity contribution is 0.0997. The average molecular weight is 226 g/mol. The van der Waals surface area contributed by atoms with Gasteiger partial charge in [0.1, 0.15) is 5.69 Å². The summed E-state index contributed by atoms with van der Waals surface area (Å²) >= 11 is 0. The molecule has 0 fully saturated rings. The van der Waals surface area contributed by atoms with E-state index in [1.165, 1.54) is 18.5 Å². The summed E-state index contributed by atoms with van der Waals surface area (Å²) in [7, 11) is 0. The number of hydrogen-bond donors (Lipinski definition) is 2. The van der Waals surface area contributed by atoms with Gasteiger partial charge in [-0.1, -0.05) is 0 Å². The molecule has 5 nitrogen and oxygen atoms in total. The minimum absolute atomic E-state index is 0. The molecule has 3 N–H and O–H groups in total. The predicted molar refractivity (Wildman–Crippen MR) is 58.1 cm³/mol. The molecule has 2 rings (SSSR count). The second-order valence-electron chi connectivity index (χ2n) is 2.79. The molecule has 1 amide bonds. The third-order valence-electron chi connectivity index (χ3n) is 1.90. The number of hydrogen-bond acceptors (Lipinski definition) is 3. The number of nitrogens with zero attached hydrogens (tertiary/aromatic N) is 1. The molecule has 0 radical (unpaired) electrons. The lowest BCUT2D eigenvalue weighted by Gasteiger charge is -1.99. The Bertz CT molecular complexity index is 559. The van der Waals surface area contributed by atoms with Gasteiger partial charge in [-0.15, -0.1) is 12.4 Å². The number of aromatic amines is 1. The summed E-state index contributed by atoms with van der Waals surface area (Å²) in [5, 5.41) is 0.238. The van der Waals surface area contributed by atoms with Gasteiger partial charge in [-0.05, 0) is 6.07 Å². The molecule has 0 bridgehead atoms. The zero-order valence-electron chi connectivity index (χ0n) is 7.56. The van der Waals surface area contributed by atoms with Gasteiger partial charge in [-0.25, -0.2) is 0 Å². The average Bonchev–Trinajstić information content (AvgIpc) is 2.17. The predicted octanol–water partition coefficient (Wildman–Crippen LogP) is 0.444. The Kier molecular flexibility index (Phi) is 3.06. The fraction of sp³-hybridized carbons (Fsp3) is 0. The van der Waals surface area contributed by atoms with Gasteiger partial charge in [-0.2, -0.15) is 0 Å². The quantitative estimate of drug-likeness (QED) is 0.738. The number of primary amides is 1. The number of amides is 1. The van der Waals surface area contributed by atoms with Crippen molar-refractivity contribution in [1.29, 1.82) is 0 Å². The Hall–Kier alpha value is -1.88. The summed E-state index contributed by atoms with van der Waals surface area (Å²) in [5.74, 6) is -0.702. The smallest absolute Gasteiger partial charge is 0.268 e. The summed E-state index contributed by atoms with van der Waals surface area (Å²) in [5.41, 5.74) is 5.39. The topological polar surface area (TPSA) is 88.8 Å². The van der Waals surface area contributed by atoms with Gasteiger partial charge in [0.05, 0.1) is 10.9 Å². The van der Waals surface area contributed by atoms with E-state index in [-0.39, 0.29) is 28.9 Å². The number of nitrogens with one attached hydrogen (secondary N) is 1. The van der Waals surface area contributed by atoms with Crippen molar-refractivity contribution < 1.29 is 4.79 Å². The molecule has 15 heavy (non-hydrogen) atoms. The first-order valence-corrected chi connectivity index (χ1v) is 3.96. The van der Waals surface area contributed by atoms with E-state index in [0.29, 0.717) is 5.52 Å². The highest BCUT2D eigenvalue weighted by molar-refractivity contribution is 6.03. The number of fused-ring (bicyclic) bond motifs is 1. The second kappa shape index (κ2) is 4.10. The SMILES string of the molecule is Cl.NC(=O)c1nccc2[nH]ccc(=O)c12. The molecule has 2 heterocycles. The zero-order chi connectivity index (χ0) is 10.1. The van der Waals surface area contributed by atoms with Crippen LogP contribution in [0.25, 0.3) is 10.9 Å². The van der Waals surface area contributed by atoms with Gasteiger partial charge >= 0.3 is 0 Å². The third-order valence-corrected chi connectivity index (χ3v) is 1.90. The number of carbonyl (C=O) groups is 1. The fourth-order valence-electron chi connectivity index (χ4n) is 1.31. The fourth-order valence-corrected chi connectivity index (χ4v) is 1.31. The summed E-state index contributed by atoms with van der Waals surface area (Å²) in [6, 6.07) is 2.94. The van der Waals surface area contributed by atoms with Crippen LogP contribution in [0.2, 0.25) is 0 Å². The summed E-state index contributed by atoms with van der Waals surface area (Å²) < 4.78 is 0. The van der Waals surface area contributed by atoms with Crippen molar-refractivity contribution >= 4 is 29.2 Å². The van der Waals surface area contributed by atoms with Gasteiger partial charge in [0.15, 0.2) is 5.43 Å². The van der Waals surface area contributed by atoms with Crippen molar-refractivity contribution in [2.45, 2.75) is 0 Å². The molecule has 0 aliphatic heterocycles. The maximum absolute atomic E-state index is 11.4. The molecule has 0 aromatic carbocycles. The lowest BCUT2D eigenvalue weighted by atomic mass is 10.2. The highest BCUT2D eigenvalue weighted by Crippen LogP contribution is 2.08. The molecule has 6 heteroatoms. The van der Waals surface area contributed by atoms with Crippen LogP contribution in [0, 0.1) is 0 Å². The summed E-state index contributed by atoms with van der Waals surface area (Å²) in [4.78, 5) is 29.0. The van der Waals surface area contributed by atoms with Crippen molar-refractivity contribution in [3.8, 4) is 0 Å². The number of halogens is 1. The van der Waals surface area contributed by atoms with Crippen molar-refractivity contribution in [2.75, 3.05) is 0 Å². The van der Waals surface area contributed by atoms with Gasteiger partial charge in [0, 0.05) is 18.5 Å². The summed E-state index contributed by atoms with van der Waals surface area (Å²) in [6.07, 6.45) is 2.94. The minimum Gasteiger partial charge on any atom is -0.364 e. The number of carbonyl (C=O) groups excluding carboxylic acids is 1. The molecule has 0 unspecified atom stereocenters. The summed E-state index contributed by atoms with van der Waals surface area (Å²) in [6.45, 7) is 0. The highest BCUT2D eigenvalue weighted by atomic mass is 35.5. The van der Waals surface area contributed by atoms with Crippen LogP contribution in [-0.2, 0) is 0 Å². The van der Waals surface area contributed by atoms with Crippen molar-refractivity contribution in [3.63, 3.8) is 0 Å². The number of rotatable bonds is 1. The Morgan fingerprint density at radius 2 is 2.13 bits per heavy atom. The van der Waals surface area contributed by atoms with Crippen LogP contribution in [0.3, 0.4) is 0 Å². The van der Waals surface area contributed by atoms with E-state index in [2.05, 4.69) is 9.97 Å². The maximum atomic E-state index is 11.4. The maximum Gasteiger partial charge on any atom is 0.268 e. The van der Waals surface area contributed by atoms with E-state index in [0.717, 1.165) is 0 Å². The monoisotopic (exact) mass is 225 g/mol. The molecule has 2 aromatic rings. The first kappa shape index (κ1) is 11.2. The van der Waals surface area contributed by atoms with Gasteiger partial charge in [-0.3, -0.25) is 14.6 Å². The molecule has 0 spiro atoms. The van der Waals surface area contributed by atoms with Crippen LogP contribution in [-0.4, -0.2) is 15.9 Å². The van der Waals surface area contributed by atoms with E-state index in [4.69, 9.17) is 5.73 Å². The molecular weight excluding hydrogens is 218 g/mol. The third kappa shape index (κ3) is 1.82. The first-order chi connectivity index (χ1) is 6.70. The Morgan fingerprint density at radius 1 is 1.40 bits per heavy atom. The van der Waals surface area contributed by atoms with E-state index >= 15 is 0 Å². The normalized spacial score (nSPS) is 9.60. The van der Waals surface area contributed by atoms with Crippen LogP contribution >= 0.6 is 12.4 Å². The molecule has 2 aromatic heterocycles. The molecule has 78 valence electrons. The van der Waals surface area contributed by atoms with Gasteiger partial charge in [0.25, 0.3) is 5.91 Å². The van der Waals surface area contributed by atoms with Gasteiger partial charge in [0.2, 0.25) is 0 Å². The van der Waals surface area contributed by atoms with Crippen molar-refractivity contribution in [2.24, 2.45) is 5.73 Å². The van der Waals surface area contributed by atoms with Crippen molar-refractivity contribution in [3.05, 3.63) is 40.4 Å². The van der Waals surface area contributed by atoms with Crippen molar-refractivity contribution in [1.82, 2.24) is 9.97 Å². The first-order valence-electron chi connectivity index (χ1n) is 3.96. The molecule has 0 aliphatic carbocycles. The van der Waals surface area contributed by atoms with Crippen LogP contribution in [0.1, 0.15) is 10.5 Å². The largest absolute Gasteiger partial charge is 0.364 e. The van der Waals surface area contributed by atoms with Crippen LogP contribution < -0.4 is 11.2 Å². The minimum atomic E-state index is -0.702. The number of pyridine rings is 2. The molecule has 0 saturated heterocycles. The van der Waals surface area contributed by atoms with Crippen LogP contribution in [0.5, 0.6) is 0 Å². The zero-order valence-corrected chi connectivity index (χ0v) is 8.38. The molecular formula is C9H8ClN3O2. The van der Waals surface area contributed by atoms with Gasteiger partial charge < -0.3 is 10.7 Å². The molecule has 0 aliphatic rings. The Morgan fingerprint density at radius 3 is 2.80 bits per heavy atom. The number of nitrogens with two attached hydrogens (primary N) is 1. The van der Waals surface area contributed by atoms with E-state index in [1.807, 2.05) is 0 Å². The number of H-pyrrole nitrogens is 1. The standard InChI is InChI=1S/C9H7N3O2.ClH/c10-9(14)8-7-5(1-3-12-8)11-4-2-6(7)13;/h1-4H,(H2,10,14)(H,11,13);1H. The highest BCUT2D eigenvalue weighted by Gasteiger charge is 2.10. The van der Waals surface area contributed by atoms with E-state index < -0.39 is 5.91 Å². The lowest BCUT2D eigenvalue weighted by Crippen LogP contribution is -2.17. The Labute approximate surface area is 90.7 Å². The number of aromatic nitrogens is 2. The van der Waals surface area contributed by atoms with E-state index in [9.17, 15) is 9.59 Å². The van der Waals surface area contributed by atoms with Crippen LogP contribution in [0.15, 0.2) is 29.3 Å². The van der Waals surface area contributed by atoms with E-state index in [1.54, 1.807) is 6.07 Å². The molecule has 0 saturated carbocycles. The Balaban J connectivity index is 0.00000112. The van der Waals surface area contributed by atoms with Crippen LogP contribution in [0.4, 0.5) is 0 Å². The second-order valence-corrected chi connectivity index (χ2v) is 2.79.